The van der Waals surface area contributed by atoms with Gasteiger partial charge in [0.05, 0.1) is 6.61 Å². The molecule has 0 aliphatic heterocycles. The van der Waals surface area contributed by atoms with E-state index < -0.39 is 0 Å². The van der Waals surface area contributed by atoms with Crippen molar-refractivity contribution >= 4 is 5.97 Å². The molecule has 0 radical (unpaired) electrons. The average molecular weight is 846 g/mol. The van der Waals surface area contributed by atoms with Crippen molar-refractivity contribution in [2.45, 2.75) is 361 Å². The first kappa shape index (κ1) is 59.5. The van der Waals surface area contributed by atoms with E-state index in [1.165, 1.54) is 327 Å². The van der Waals surface area contributed by atoms with Gasteiger partial charge in [-0.3, -0.25) is 4.79 Å². The van der Waals surface area contributed by atoms with E-state index in [1.807, 2.05) is 0 Å². The monoisotopic (exact) mass is 845 g/mol. The number of carbonyl (C=O) groups excluding carboxylic acids is 1. The van der Waals surface area contributed by atoms with Crippen molar-refractivity contribution in [3.05, 3.63) is 0 Å². The summed E-state index contributed by atoms with van der Waals surface area (Å²) in [6.07, 6.45) is 75.8. The van der Waals surface area contributed by atoms with Crippen molar-refractivity contribution in [2.75, 3.05) is 6.61 Å². The molecule has 0 bridgehead atoms. The fraction of sp³-hybridized carbons (Fsp3) is 0.983. The Morgan fingerprint density at radius 3 is 0.550 bits per heavy atom. The standard InChI is InChI=1S/C58H116O2/c1-3-5-7-9-11-13-15-17-19-21-22-23-24-25-26-27-28-29-30-31-32-33-34-35-36-37-38-39-40-41-42-44-46-48-50-52-54-56-58(59)60-57-55-53-51-49-47-45-43-20-18-16-14-12-10-8-6-4-2/h3-57H2,1-2H3. The molecule has 0 aliphatic carbocycles. The largest absolute Gasteiger partial charge is 0.466 e. The quantitative estimate of drug-likeness (QED) is 0.0450. The highest BCUT2D eigenvalue weighted by molar-refractivity contribution is 5.69. The lowest BCUT2D eigenvalue weighted by molar-refractivity contribution is -0.143. The van der Waals surface area contributed by atoms with Crippen LogP contribution in [-0.4, -0.2) is 12.6 Å². The molecular formula is C58H116O2. The highest BCUT2D eigenvalue weighted by Crippen LogP contribution is 2.19. The lowest BCUT2D eigenvalue weighted by Crippen LogP contribution is -2.05. The summed E-state index contributed by atoms with van der Waals surface area (Å²) in [5.41, 5.74) is 0. The molecule has 0 saturated carbocycles. The van der Waals surface area contributed by atoms with E-state index in [0.717, 1.165) is 12.8 Å². The molecule has 360 valence electrons. The molecule has 0 aliphatic rings. The second-order valence-corrected chi connectivity index (χ2v) is 20.0. The second kappa shape index (κ2) is 56.5. The maximum atomic E-state index is 12.1. The number of hydrogen-bond acceptors (Lipinski definition) is 2. The topological polar surface area (TPSA) is 26.3 Å². The molecular weight excluding hydrogens is 729 g/mol. The molecule has 0 atom stereocenters. The van der Waals surface area contributed by atoms with Gasteiger partial charge in [0.15, 0.2) is 0 Å². The second-order valence-electron chi connectivity index (χ2n) is 20.0. The molecule has 0 N–H and O–H groups in total. The van der Waals surface area contributed by atoms with E-state index in [1.54, 1.807) is 0 Å². The van der Waals surface area contributed by atoms with Crippen LogP contribution in [0.2, 0.25) is 0 Å². The summed E-state index contributed by atoms with van der Waals surface area (Å²) in [6.45, 7) is 5.24. The maximum Gasteiger partial charge on any atom is 0.305 e. The van der Waals surface area contributed by atoms with Gasteiger partial charge in [0.25, 0.3) is 0 Å². The van der Waals surface area contributed by atoms with Crippen LogP contribution in [0.3, 0.4) is 0 Å². The van der Waals surface area contributed by atoms with Crippen LogP contribution in [0.25, 0.3) is 0 Å². The first-order valence-electron chi connectivity index (χ1n) is 29.0. The minimum Gasteiger partial charge on any atom is -0.466 e. The molecule has 0 heterocycles. The maximum absolute atomic E-state index is 12.1. The number of esters is 1. The van der Waals surface area contributed by atoms with Crippen molar-refractivity contribution in [1.82, 2.24) is 0 Å². The summed E-state index contributed by atoms with van der Waals surface area (Å²) in [6, 6.07) is 0. The number of ether oxygens (including phenoxy) is 1. The van der Waals surface area contributed by atoms with Gasteiger partial charge < -0.3 is 4.74 Å². The Kier molecular flexibility index (Phi) is 56.0. The van der Waals surface area contributed by atoms with E-state index in [4.69, 9.17) is 4.74 Å². The van der Waals surface area contributed by atoms with Crippen LogP contribution in [-0.2, 0) is 9.53 Å². The third kappa shape index (κ3) is 55.5. The fourth-order valence-electron chi connectivity index (χ4n) is 9.44. The highest BCUT2D eigenvalue weighted by atomic mass is 16.5. The summed E-state index contributed by atoms with van der Waals surface area (Å²) in [7, 11) is 0. The van der Waals surface area contributed by atoms with E-state index >= 15 is 0 Å². The van der Waals surface area contributed by atoms with Gasteiger partial charge in [0, 0.05) is 6.42 Å². The van der Waals surface area contributed by atoms with Gasteiger partial charge >= 0.3 is 5.97 Å². The summed E-state index contributed by atoms with van der Waals surface area (Å²) >= 11 is 0. The van der Waals surface area contributed by atoms with Gasteiger partial charge in [-0.2, -0.15) is 0 Å². The van der Waals surface area contributed by atoms with Gasteiger partial charge in [0.2, 0.25) is 0 Å². The van der Waals surface area contributed by atoms with Crippen LogP contribution in [0, 0.1) is 0 Å². The van der Waals surface area contributed by atoms with Crippen LogP contribution in [0.15, 0.2) is 0 Å². The average Bonchev–Trinajstić information content (AvgIpc) is 3.25. The third-order valence-electron chi connectivity index (χ3n) is 13.7. The molecule has 0 aromatic rings. The van der Waals surface area contributed by atoms with E-state index in [0.29, 0.717) is 13.0 Å². The number of unbranched alkanes of at least 4 members (excludes halogenated alkanes) is 51. The van der Waals surface area contributed by atoms with Crippen molar-refractivity contribution in [3.8, 4) is 0 Å². The fourth-order valence-corrected chi connectivity index (χ4v) is 9.44. The molecule has 0 aromatic heterocycles. The molecule has 0 rings (SSSR count). The lowest BCUT2D eigenvalue weighted by atomic mass is 10.0. The SMILES string of the molecule is CCCCCCCCCCCCCCCCCCCCCCCCCCCCCCCCCCCCCCCC(=O)OCCCCCCCCCCCCCCCCCC. The predicted molar refractivity (Wildman–Crippen MR) is 272 cm³/mol. The number of rotatable bonds is 55. The first-order chi connectivity index (χ1) is 29.8. The summed E-state index contributed by atoms with van der Waals surface area (Å²) in [5, 5.41) is 0. The molecule has 0 aromatic carbocycles. The molecule has 0 amide bonds. The lowest BCUT2D eigenvalue weighted by Gasteiger charge is -2.06. The minimum absolute atomic E-state index is 0.0345. The van der Waals surface area contributed by atoms with Crippen molar-refractivity contribution in [1.29, 1.82) is 0 Å². The zero-order valence-electron chi connectivity index (χ0n) is 42.2. The highest BCUT2D eigenvalue weighted by Gasteiger charge is 2.03. The molecule has 2 nitrogen and oxygen atoms in total. The van der Waals surface area contributed by atoms with Crippen LogP contribution in [0.5, 0.6) is 0 Å². The van der Waals surface area contributed by atoms with Gasteiger partial charge in [-0.25, -0.2) is 0 Å². The van der Waals surface area contributed by atoms with Gasteiger partial charge in [-0.15, -0.1) is 0 Å². The molecule has 0 spiro atoms. The summed E-state index contributed by atoms with van der Waals surface area (Å²) in [4.78, 5) is 12.1. The van der Waals surface area contributed by atoms with Gasteiger partial charge in [-0.05, 0) is 12.8 Å². The van der Waals surface area contributed by atoms with E-state index in [-0.39, 0.29) is 5.97 Å². The molecule has 60 heavy (non-hydrogen) atoms. The van der Waals surface area contributed by atoms with Crippen molar-refractivity contribution in [3.63, 3.8) is 0 Å². The normalized spacial score (nSPS) is 11.6. The summed E-state index contributed by atoms with van der Waals surface area (Å²) in [5.74, 6) is 0.0345. The Morgan fingerprint density at radius 1 is 0.217 bits per heavy atom. The molecule has 0 saturated heterocycles. The number of hydrogen-bond donors (Lipinski definition) is 0. The Labute approximate surface area is 381 Å². The van der Waals surface area contributed by atoms with E-state index in [2.05, 4.69) is 13.8 Å². The van der Waals surface area contributed by atoms with Crippen LogP contribution in [0.4, 0.5) is 0 Å². The molecule has 2 heteroatoms. The van der Waals surface area contributed by atoms with Crippen molar-refractivity contribution in [2.24, 2.45) is 0 Å². The Balaban J connectivity index is 3.13. The van der Waals surface area contributed by atoms with Crippen LogP contribution >= 0.6 is 0 Å². The Bertz CT molecular complexity index is 747. The summed E-state index contributed by atoms with van der Waals surface area (Å²) < 4.78 is 5.50. The Hall–Kier alpha value is -0.530. The van der Waals surface area contributed by atoms with Crippen LogP contribution in [0.1, 0.15) is 361 Å². The smallest absolute Gasteiger partial charge is 0.305 e. The van der Waals surface area contributed by atoms with Crippen molar-refractivity contribution < 1.29 is 9.53 Å². The Morgan fingerprint density at radius 2 is 0.367 bits per heavy atom. The van der Waals surface area contributed by atoms with Gasteiger partial charge in [-0.1, -0.05) is 341 Å². The first-order valence-corrected chi connectivity index (χ1v) is 29.0. The van der Waals surface area contributed by atoms with Gasteiger partial charge in [0.1, 0.15) is 0 Å². The zero-order valence-corrected chi connectivity index (χ0v) is 42.2. The third-order valence-corrected chi connectivity index (χ3v) is 13.7. The van der Waals surface area contributed by atoms with Crippen LogP contribution < -0.4 is 0 Å². The number of carbonyl (C=O) groups is 1. The molecule has 0 fully saturated rings. The molecule has 0 unspecified atom stereocenters. The zero-order chi connectivity index (χ0) is 43.2. The van der Waals surface area contributed by atoms with E-state index in [9.17, 15) is 4.79 Å². The predicted octanol–water partition coefficient (Wildman–Crippen LogP) is 21.6. The minimum atomic E-state index is 0.0345.